The first kappa shape index (κ1) is 18.0. The Bertz CT molecular complexity index is 537. The summed E-state index contributed by atoms with van der Waals surface area (Å²) in [7, 11) is 0. The first-order valence-corrected chi connectivity index (χ1v) is 8.84. The van der Waals surface area contributed by atoms with Gasteiger partial charge in [-0.3, -0.25) is 4.79 Å². The van der Waals surface area contributed by atoms with Crippen molar-refractivity contribution in [3.05, 3.63) is 35.4 Å². The number of carbonyl (C=O) groups is 1. The van der Waals surface area contributed by atoms with E-state index in [-0.39, 0.29) is 17.9 Å². The maximum absolute atomic E-state index is 12.9. The molecule has 0 aliphatic heterocycles. The number of hydrogen-bond donors (Lipinski definition) is 2. The fraction of sp³-hybridized carbons (Fsp3) is 0.650. The van der Waals surface area contributed by atoms with E-state index >= 15 is 0 Å². The average Bonchev–Trinajstić information content (AvgIpc) is 2.47. The molecule has 4 atom stereocenters. The molecular formula is C20H31NO2. The summed E-state index contributed by atoms with van der Waals surface area (Å²) in [6, 6.07) is 8.07. The highest BCUT2D eigenvalue weighted by Gasteiger charge is 2.48. The van der Waals surface area contributed by atoms with Gasteiger partial charge in [-0.05, 0) is 50.0 Å². The molecule has 1 amide bonds. The zero-order valence-corrected chi connectivity index (χ0v) is 15.1. The van der Waals surface area contributed by atoms with Crippen LogP contribution in [0.3, 0.4) is 0 Å². The van der Waals surface area contributed by atoms with Crippen LogP contribution in [-0.4, -0.2) is 16.6 Å². The minimum absolute atomic E-state index is 0.0314. The Balaban J connectivity index is 2.14. The molecule has 0 heterocycles. The number of carbonyl (C=O) groups excluding carboxylic acids is 1. The lowest BCUT2D eigenvalue weighted by Crippen LogP contribution is -2.56. The van der Waals surface area contributed by atoms with Crippen LogP contribution >= 0.6 is 0 Å². The third-order valence-electron chi connectivity index (χ3n) is 5.37. The second-order valence-corrected chi connectivity index (χ2v) is 7.77. The van der Waals surface area contributed by atoms with Crippen molar-refractivity contribution in [3.8, 4) is 0 Å². The number of hydrogen-bond acceptors (Lipinski definition) is 2. The van der Waals surface area contributed by atoms with Crippen LogP contribution in [0.15, 0.2) is 24.3 Å². The predicted molar refractivity (Wildman–Crippen MR) is 94.0 cm³/mol. The molecule has 2 rings (SSSR count). The van der Waals surface area contributed by atoms with Crippen molar-refractivity contribution in [2.45, 2.75) is 65.5 Å². The Kier molecular flexibility index (Phi) is 5.51. The average molecular weight is 317 g/mol. The summed E-state index contributed by atoms with van der Waals surface area (Å²) < 4.78 is 0. The molecule has 0 spiro atoms. The van der Waals surface area contributed by atoms with Crippen LogP contribution in [0.2, 0.25) is 0 Å². The number of amides is 1. The maximum Gasteiger partial charge on any atom is 0.252 e. The van der Waals surface area contributed by atoms with Crippen LogP contribution in [0, 0.1) is 24.7 Å². The van der Waals surface area contributed by atoms with E-state index < -0.39 is 5.60 Å². The van der Waals surface area contributed by atoms with Crippen LogP contribution in [0.25, 0.3) is 0 Å². The Morgan fingerprint density at radius 1 is 1.22 bits per heavy atom. The van der Waals surface area contributed by atoms with Crippen molar-refractivity contribution in [1.82, 2.24) is 5.32 Å². The van der Waals surface area contributed by atoms with Gasteiger partial charge in [-0.2, -0.15) is 0 Å². The quantitative estimate of drug-likeness (QED) is 0.882. The zero-order valence-electron chi connectivity index (χ0n) is 15.1. The van der Waals surface area contributed by atoms with E-state index in [1.807, 2.05) is 38.1 Å². The van der Waals surface area contributed by atoms with Gasteiger partial charge < -0.3 is 10.4 Å². The van der Waals surface area contributed by atoms with Crippen molar-refractivity contribution >= 4 is 5.91 Å². The molecule has 3 unspecified atom stereocenters. The van der Waals surface area contributed by atoms with E-state index in [0.29, 0.717) is 18.3 Å². The van der Waals surface area contributed by atoms with Gasteiger partial charge in [0.05, 0.1) is 6.04 Å². The smallest absolute Gasteiger partial charge is 0.252 e. The Morgan fingerprint density at radius 3 is 2.39 bits per heavy atom. The monoisotopic (exact) mass is 317 g/mol. The molecule has 1 aromatic rings. The molecule has 0 radical (unpaired) electrons. The third kappa shape index (κ3) is 3.95. The Hall–Kier alpha value is -1.35. The van der Waals surface area contributed by atoms with E-state index in [2.05, 4.69) is 26.1 Å². The predicted octanol–water partition coefficient (Wildman–Crippen LogP) is 4.00. The molecule has 1 aliphatic rings. The molecule has 128 valence electrons. The van der Waals surface area contributed by atoms with E-state index in [0.717, 1.165) is 18.4 Å². The molecule has 3 heteroatoms. The SMILES string of the molecule is Cc1ccc(C(C)NC(=O)[C@@]2(O)CC(C)CCC2C(C)C)cc1. The summed E-state index contributed by atoms with van der Waals surface area (Å²) >= 11 is 0. The van der Waals surface area contributed by atoms with Gasteiger partial charge >= 0.3 is 0 Å². The highest BCUT2D eigenvalue weighted by atomic mass is 16.3. The van der Waals surface area contributed by atoms with E-state index in [4.69, 9.17) is 0 Å². The van der Waals surface area contributed by atoms with Gasteiger partial charge in [0.15, 0.2) is 0 Å². The largest absolute Gasteiger partial charge is 0.380 e. The molecule has 1 fully saturated rings. The van der Waals surface area contributed by atoms with Gasteiger partial charge in [-0.1, -0.05) is 57.0 Å². The van der Waals surface area contributed by atoms with Crippen molar-refractivity contribution in [1.29, 1.82) is 0 Å². The molecule has 3 nitrogen and oxygen atoms in total. The first-order chi connectivity index (χ1) is 10.7. The summed E-state index contributed by atoms with van der Waals surface area (Å²) in [5.41, 5.74) is 1.02. The molecule has 0 bridgehead atoms. The lowest BCUT2D eigenvalue weighted by molar-refractivity contribution is -0.156. The molecular weight excluding hydrogens is 286 g/mol. The zero-order chi connectivity index (χ0) is 17.2. The van der Waals surface area contributed by atoms with Gasteiger partial charge in [0.1, 0.15) is 5.60 Å². The summed E-state index contributed by atoms with van der Waals surface area (Å²) in [6.07, 6.45) is 2.57. The molecule has 0 aromatic heterocycles. The van der Waals surface area contributed by atoms with Crippen molar-refractivity contribution in [2.24, 2.45) is 17.8 Å². The van der Waals surface area contributed by atoms with E-state index in [1.165, 1.54) is 5.56 Å². The van der Waals surface area contributed by atoms with Crippen molar-refractivity contribution in [2.75, 3.05) is 0 Å². The minimum Gasteiger partial charge on any atom is -0.380 e. The van der Waals surface area contributed by atoms with E-state index in [9.17, 15) is 9.90 Å². The fourth-order valence-corrected chi connectivity index (χ4v) is 3.89. The fourth-order valence-electron chi connectivity index (χ4n) is 3.89. The van der Waals surface area contributed by atoms with Crippen LogP contribution < -0.4 is 5.32 Å². The van der Waals surface area contributed by atoms with Gasteiger partial charge in [0.25, 0.3) is 5.91 Å². The van der Waals surface area contributed by atoms with Gasteiger partial charge in [-0.25, -0.2) is 0 Å². The lowest BCUT2D eigenvalue weighted by Gasteiger charge is -2.43. The molecule has 1 aromatic carbocycles. The molecule has 23 heavy (non-hydrogen) atoms. The van der Waals surface area contributed by atoms with Crippen molar-refractivity contribution in [3.63, 3.8) is 0 Å². The molecule has 2 N–H and O–H groups in total. The maximum atomic E-state index is 12.9. The first-order valence-electron chi connectivity index (χ1n) is 8.84. The van der Waals surface area contributed by atoms with Crippen LogP contribution in [0.5, 0.6) is 0 Å². The lowest BCUT2D eigenvalue weighted by atomic mass is 9.66. The topological polar surface area (TPSA) is 49.3 Å². The molecule has 1 saturated carbocycles. The minimum atomic E-state index is -1.25. The second-order valence-electron chi connectivity index (χ2n) is 7.77. The van der Waals surface area contributed by atoms with Crippen molar-refractivity contribution < 1.29 is 9.90 Å². The highest BCUT2D eigenvalue weighted by molar-refractivity contribution is 5.85. The summed E-state index contributed by atoms with van der Waals surface area (Å²) in [5.74, 6) is 0.503. The Morgan fingerprint density at radius 2 is 1.83 bits per heavy atom. The van der Waals surface area contributed by atoms with Gasteiger partial charge in [0, 0.05) is 0 Å². The number of rotatable bonds is 4. The molecule has 1 aliphatic carbocycles. The number of nitrogens with one attached hydrogen (secondary N) is 1. The van der Waals surface area contributed by atoms with E-state index in [1.54, 1.807) is 0 Å². The normalized spacial score (nSPS) is 29.3. The summed E-state index contributed by atoms with van der Waals surface area (Å²) in [6.45, 7) is 10.3. The number of aryl methyl sites for hydroxylation is 1. The van der Waals surface area contributed by atoms with Crippen LogP contribution in [0.1, 0.15) is 64.1 Å². The Labute approximate surface area is 140 Å². The van der Waals surface area contributed by atoms with Gasteiger partial charge in [-0.15, -0.1) is 0 Å². The standard InChI is InChI=1S/C20H31NO2/c1-13(2)18-11-8-15(4)12-20(18,23)19(22)21-16(5)17-9-6-14(3)7-10-17/h6-7,9-10,13,15-16,18,23H,8,11-12H2,1-5H3,(H,21,22)/t15?,16?,18?,20-/m1/s1. The summed E-state index contributed by atoms with van der Waals surface area (Å²) in [5, 5.41) is 14.2. The highest BCUT2D eigenvalue weighted by Crippen LogP contribution is 2.41. The second kappa shape index (κ2) is 7.04. The van der Waals surface area contributed by atoms with Gasteiger partial charge in [0.2, 0.25) is 0 Å². The van der Waals surface area contributed by atoms with Crippen LogP contribution in [-0.2, 0) is 4.79 Å². The number of benzene rings is 1. The number of aliphatic hydroxyl groups is 1. The third-order valence-corrected chi connectivity index (χ3v) is 5.37. The molecule has 0 saturated heterocycles. The summed E-state index contributed by atoms with van der Waals surface area (Å²) in [4.78, 5) is 12.9. The van der Waals surface area contributed by atoms with Crippen LogP contribution in [0.4, 0.5) is 0 Å².